The van der Waals surface area contributed by atoms with Gasteiger partial charge >= 0.3 is 0 Å². The first-order valence-electron chi connectivity index (χ1n) is 17.4. The van der Waals surface area contributed by atoms with Crippen LogP contribution >= 0.6 is 11.3 Å². The molecule has 238 valence electrons. The average Bonchev–Trinajstić information content (AvgIpc) is 3.75. The predicted octanol–water partition coefficient (Wildman–Crippen LogP) is 14.1. The van der Waals surface area contributed by atoms with E-state index in [-0.39, 0.29) is 0 Å². The second-order valence-electron chi connectivity index (χ2n) is 13.3. The molecule has 0 saturated carbocycles. The first kappa shape index (κ1) is 28.4. The number of fused-ring (bicyclic) bond motifs is 11. The second kappa shape index (κ2) is 11.0. The summed E-state index contributed by atoms with van der Waals surface area (Å²) >= 11 is 1.88. The molecule has 51 heavy (non-hydrogen) atoms. The molecule has 9 aromatic carbocycles. The van der Waals surface area contributed by atoms with Crippen molar-refractivity contribution in [2.24, 2.45) is 0 Å². The van der Waals surface area contributed by atoms with E-state index < -0.39 is 0 Å². The second-order valence-corrected chi connectivity index (χ2v) is 14.4. The Morgan fingerprint density at radius 1 is 0.392 bits per heavy atom. The third kappa shape index (κ3) is 4.22. The van der Waals surface area contributed by atoms with Gasteiger partial charge in [0.05, 0.1) is 27.1 Å². The largest absolute Gasteiger partial charge is 0.307 e. The first-order valence-corrected chi connectivity index (χ1v) is 18.3. The zero-order chi connectivity index (χ0) is 33.5. The van der Waals surface area contributed by atoms with E-state index in [1.165, 1.54) is 80.0 Å². The normalized spacial score (nSPS) is 11.9. The van der Waals surface area contributed by atoms with E-state index in [9.17, 15) is 0 Å². The van der Waals surface area contributed by atoms with E-state index in [2.05, 4.69) is 191 Å². The maximum Gasteiger partial charge on any atom is 0.0782 e. The highest BCUT2D eigenvalue weighted by molar-refractivity contribution is 7.26. The zero-order valence-corrected chi connectivity index (χ0v) is 28.4. The van der Waals surface area contributed by atoms with Crippen LogP contribution in [0.15, 0.2) is 182 Å². The lowest BCUT2D eigenvalue weighted by Crippen LogP contribution is -2.12. The van der Waals surface area contributed by atoms with Gasteiger partial charge in [0.15, 0.2) is 0 Å². The van der Waals surface area contributed by atoms with Crippen molar-refractivity contribution in [3.05, 3.63) is 182 Å². The Hall–Kier alpha value is -6.42. The van der Waals surface area contributed by atoms with Gasteiger partial charge in [-0.05, 0) is 80.8 Å². The average molecular weight is 667 g/mol. The Bertz CT molecular complexity index is 3150. The molecule has 11 rings (SSSR count). The molecule has 2 aromatic heterocycles. The van der Waals surface area contributed by atoms with Crippen LogP contribution in [0.5, 0.6) is 0 Å². The molecule has 2 heterocycles. The summed E-state index contributed by atoms with van der Waals surface area (Å²) in [7, 11) is 0. The van der Waals surface area contributed by atoms with E-state index in [0.717, 1.165) is 17.1 Å². The number of para-hydroxylation sites is 3. The summed E-state index contributed by atoms with van der Waals surface area (Å²) in [6, 6.07) is 66.8. The van der Waals surface area contributed by atoms with E-state index in [1.54, 1.807) is 0 Å². The number of aromatic nitrogens is 1. The molecule has 2 nitrogen and oxygen atoms in total. The molecule has 0 spiro atoms. The smallest absolute Gasteiger partial charge is 0.0782 e. The highest BCUT2D eigenvalue weighted by Gasteiger charge is 2.24. The minimum Gasteiger partial charge on any atom is -0.307 e. The van der Waals surface area contributed by atoms with Crippen molar-refractivity contribution in [3.8, 4) is 5.69 Å². The maximum absolute atomic E-state index is 2.51. The highest BCUT2D eigenvalue weighted by Crippen LogP contribution is 2.48. The minimum absolute atomic E-state index is 1.13. The first-order chi connectivity index (χ1) is 25.3. The molecule has 0 amide bonds. The monoisotopic (exact) mass is 666 g/mol. The van der Waals surface area contributed by atoms with Gasteiger partial charge in [-0.15, -0.1) is 11.3 Å². The van der Waals surface area contributed by atoms with Crippen molar-refractivity contribution < 1.29 is 0 Å². The quantitative estimate of drug-likeness (QED) is 0.170. The third-order valence-electron chi connectivity index (χ3n) is 10.5. The van der Waals surface area contributed by atoms with Crippen LogP contribution in [-0.2, 0) is 0 Å². The number of hydrogen-bond donors (Lipinski definition) is 0. The van der Waals surface area contributed by atoms with Crippen molar-refractivity contribution in [3.63, 3.8) is 0 Å². The zero-order valence-electron chi connectivity index (χ0n) is 27.6. The fraction of sp³-hybridized carbons (Fsp3) is 0. The number of benzene rings is 9. The van der Waals surface area contributed by atoms with Crippen molar-refractivity contribution >= 4 is 103 Å². The number of anilines is 3. The molecular weight excluding hydrogens is 637 g/mol. The SMILES string of the molecule is c1ccc(-n2c3ccccc3c3cccc(N(c4ccc5ccc6c7ccccc7ccc6c5c4)c4cccc5c4sc4ccccc45)c32)cc1. The summed E-state index contributed by atoms with van der Waals surface area (Å²) in [5.74, 6) is 0. The molecule has 0 N–H and O–H groups in total. The van der Waals surface area contributed by atoms with Crippen LogP contribution < -0.4 is 4.90 Å². The summed E-state index contributed by atoms with van der Waals surface area (Å²) in [4.78, 5) is 2.51. The molecule has 0 radical (unpaired) electrons. The summed E-state index contributed by atoms with van der Waals surface area (Å²) < 4.78 is 5.02. The molecule has 0 fully saturated rings. The van der Waals surface area contributed by atoms with Gasteiger partial charge in [0.25, 0.3) is 0 Å². The van der Waals surface area contributed by atoms with Gasteiger partial charge in [-0.25, -0.2) is 0 Å². The predicted molar refractivity (Wildman–Crippen MR) is 221 cm³/mol. The van der Waals surface area contributed by atoms with Crippen molar-refractivity contribution in [1.82, 2.24) is 4.57 Å². The van der Waals surface area contributed by atoms with Gasteiger partial charge in [-0.3, -0.25) is 0 Å². The fourth-order valence-electron chi connectivity index (χ4n) is 8.29. The van der Waals surface area contributed by atoms with Crippen molar-refractivity contribution in [1.29, 1.82) is 0 Å². The van der Waals surface area contributed by atoms with Gasteiger partial charge in [0, 0.05) is 37.6 Å². The van der Waals surface area contributed by atoms with Crippen LogP contribution in [0.1, 0.15) is 0 Å². The summed E-state index contributed by atoms with van der Waals surface area (Å²) in [5.41, 5.74) is 6.98. The van der Waals surface area contributed by atoms with Crippen LogP contribution in [-0.4, -0.2) is 4.57 Å². The van der Waals surface area contributed by atoms with Crippen LogP contribution in [0.4, 0.5) is 17.1 Å². The third-order valence-corrected chi connectivity index (χ3v) is 11.7. The van der Waals surface area contributed by atoms with E-state index >= 15 is 0 Å². The molecule has 0 aliphatic heterocycles. The Kier molecular flexibility index (Phi) is 6.16. The fourth-order valence-corrected chi connectivity index (χ4v) is 9.49. The molecule has 0 saturated heterocycles. The molecule has 0 aliphatic carbocycles. The maximum atomic E-state index is 2.51. The number of rotatable bonds is 4. The number of thiophene rings is 1. The number of hydrogen-bond acceptors (Lipinski definition) is 2. The van der Waals surface area contributed by atoms with Gasteiger partial charge in [0.1, 0.15) is 0 Å². The minimum atomic E-state index is 1.13. The summed E-state index contributed by atoms with van der Waals surface area (Å²) in [5, 5.41) is 12.6. The molecule has 0 atom stereocenters. The summed E-state index contributed by atoms with van der Waals surface area (Å²) in [6.45, 7) is 0. The van der Waals surface area contributed by atoms with Crippen LogP contribution in [0, 0.1) is 0 Å². The van der Waals surface area contributed by atoms with E-state index in [4.69, 9.17) is 0 Å². The van der Waals surface area contributed by atoms with Crippen LogP contribution in [0.2, 0.25) is 0 Å². The Morgan fingerprint density at radius 3 is 1.88 bits per heavy atom. The van der Waals surface area contributed by atoms with Gasteiger partial charge in [-0.1, -0.05) is 133 Å². The topological polar surface area (TPSA) is 8.17 Å². The van der Waals surface area contributed by atoms with Crippen molar-refractivity contribution in [2.45, 2.75) is 0 Å². The lowest BCUT2D eigenvalue weighted by molar-refractivity contribution is 1.17. The molecule has 0 unspecified atom stereocenters. The highest BCUT2D eigenvalue weighted by atomic mass is 32.1. The Morgan fingerprint density at radius 2 is 1.02 bits per heavy atom. The van der Waals surface area contributed by atoms with Crippen molar-refractivity contribution in [2.75, 3.05) is 4.90 Å². The van der Waals surface area contributed by atoms with Crippen LogP contribution in [0.3, 0.4) is 0 Å². The molecular formula is C48H30N2S. The lowest BCUT2D eigenvalue weighted by atomic mass is 9.96. The van der Waals surface area contributed by atoms with Crippen LogP contribution in [0.25, 0.3) is 80.0 Å². The Labute approximate surface area is 298 Å². The molecule has 11 aromatic rings. The molecule has 3 heteroatoms. The molecule has 0 bridgehead atoms. The Balaban J connectivity index is 1.28. The molecule has 0 aliphatic rings. The lowest BCUT2D eigenvalue weighted by Gasteiger charge is -2.28. The number of nitrogens with zero attached hydrogens (tertiary/aromatic N) is 2. The summed E-state index contributed by atoms with van der Waals surface area (Å²) in [6.07, 6.45) is 0. The standard InChI is InChI=1S/C48H30N2S/c1-2-13-33(14-3-1)50-43-20-8-6-16-38(43)40-18-10-21-44(47(40)50)49(45-22-11-19-41-39-17-7-9-23-46(39)51-48(41)45)34-27-24-32-26-28-36-35-15-5-4-12-31(35)25-29-37(36)42(32)30-34/h1-30H. The van der Waals surface area contributed by atoms with E-state index in [1.807, 2.05) is 11.3 Å². The van der Waals surface area contributed by atoms with Gasteiger partial charge in [0.2, 0.25) is 0 Å². The van der Waals surface area contributed by atoms with Gasteiger partial charge in [-0.2, -0.15) is 0 Å². The van der Waals surface area contributed by atoms with Gasteiger partial charge < -0.3 is 9.47 Å². The van der Waals surface area contributed by atoms with E-state index in [0.29, 0.717) is 0 Å².